The Balaban J connectivity index is 2.57. The molecule has 0 saturated heterocycles. The maximum atomic E-state index is 9.27. The highest BCUT2D eigenvalue weighted by atomic mass is 79.9. The van der Waals surface area contributed by atoms with Gasteiger partial charge in [0.15, 0.2) is 0 Å². The normalized spacial score (nSPS) is 14.8. The average Bonchev–Trinajstić information content (AvgIpc) is 2.31. The van der Waals surface area contributed by atoms with Crippen LogP contribution in [0.2, 0.25) is 0 Å². The molecule has 3 nitrogen and oxygen atoms in total. The molecule has 0 spiro atoms. The minimum absolute atomic E-state index is 0.161. The van der Waals surface area contributed by atoms with Gasteiger partial charge in [-0.3, -0.25) is 0 Å². The lowest BCUT2D eigenvalue weighted by molar-refractivity contribution is 0.113. The second-order valence-electron chi connectivity index (χ2n) is 3.45. The lowest BCUT2D eigenvalue weighted by Crippen LogP contribution is -2.18. The molecule has 0 saturated carbocycles. The van der Waals surface area contributed by atoms with E-state index in [4.69, 9.17) is 10.8 Å². The van der Waals surface area contributed by atoms with Crippen LogP contribution in [0.15, 0.2) is 28.7 Å². The number of thioether (sulfide) groups is 1. The Morgan fingerprint density at radius 1 is 1.31 bits per heavy atom. The Labute approximate surface area is 108 Å². The van der Waals surface area contributed by atoms with Gasteiger partial charge in [0.2, 0.25) is 0 Å². The van der Waals surface area contributed by atoms with Crippen molar-refractivity contribution in [1.29, 1.82) is 0 Å². The van der Waals surface area contributed by atoms with Gasteiger partial charge in [0.1, 0.15) is 0 Å². The lowest BCUT2D eigenvalue weighted by Gasteiger charge is -2.16. The van der Waals surface area contributed by atoms with Crippen molar-refractivity contribution in [2.24, 2.45) is 5.73 Å². The van der Waals surface area contributed by atoms with Gasteiger partial charge >= 0.3 is 0 Å². The number of benzene rings is 1. The van der Waals surface area contributed by atoms with E-state index >= 15 is 0 Å². The van der Waals surface area contributed by atoms with Gasteiger partial charge in [-0.25, -0.2) is 0 Å². The fourth-order valence-electron chi connectivity index (χ4n) is 1.26. The molecule has 0 amide bonds. The van der Waals surface area contributed by atoms with Gasteiger partial charge in [-0.2, -0.15) is 0 Å². The van der Waals surface area contributed by atoms with Crippen LogP contribution in [0.25, 0.3) is 0 Å². The molecular formula is C11H16BrNO2S. The molecule has 5 heteroatoms. The summed E-state index contributed by atoms with van der Waals surface area (Å²) >= 11 is 4.94. The summed E-state index contributed by atoms with van der Waals surface area (Å²) in [4.78, 5) is 0. The molecule has 4 N–H and O–H groups in total. The smallest absolute Gasteiger partial charge is 0.0861 e. The van der Waals surface area contributed by atoms with Crippen LogP contribution in [0.4, 0.5) is 0 Å². The van der Waals surface area contributed by atoms with Gasteiger partial charge in [-0.15, -0.1) is 11.8 Å². The molecule has 0 aromatic heterocycles. The number of rotatable bonds is 6. The summed E-state index contributed by atoms with van der Waals surface area (Å²) in [5, 5.41) is 18.2. The number of nitrogens with two attached hydrogens (primary N) is 1. The van der Waals surface area contributed by atoms with Crippen LogP contribution in [0.1, 0.15) is 10.8 Å². The van der Waals surface area contributed by atoms with Crippen molar-refractivity contribution >= 4 is 27.7 Å². The minimum Gasteiger partial charge on any atom is -0.394 e. The topological polar surface area (TPSA) is 66.5 Å². The molecule has 0 bridgehead atoms. The quantitative estimate of drug-likeness (QED) is 0.746. The SMILES string of the molecule is NCC(SCC(O)CO)c1ccc(Br)cc1. The number of hydrogen-bond donors (Lipinski definition) is 3. The summed E-state index contributed by atoms with van der Waals surface area (Å²) in [6.07, 6.45) is -0.672. The molecule has 0 fully saturated rings. The Hall–Kier alpha value is -0.0700. The van der Waals surface area contributed by atoms with Gasteiger partial charge in [0.05, 0.1) is 12.7 Å². The maximum absolute atomic E-state index is 9.27. The first-order valence-electron chi connectivity index (χ1n) is 5.03. The van der Waals surface area contributed by atoms with E-state index in [1.54, 1.807) is 11.8 Å². The highest BCUT2D eigenvalue weighted by Gasteiger charge is 2.12. The second kappa shape index (κ2) is 7.29. The minimum atomic E-state index is -0.672. The van der Waals surface area contributed by atoms with Crippen LogP contribution >= 0.6 is 27.7 Å². The summed E-state index contributed by atoms with van der Waals surface area (Å²) < 4.78 is 1.03. The third kappa shape index (κ3) is 4.43. The molecule has 0 heterocycles. The van der Waals surface area contributed by atoms with Gasteiger partial charge < -0.3 is 15.9 Å². The van der Waals surface area contributed by atoms with Gasteiger partial charge in [0.25, 0.3) is 0 Å². The molecule has 0 aliphatic heterocycles. The zero-order valence-corrected chi connectivity index (χ0v) is 11.2. The van der Waals surface area contributed by atoms with Crippen LogP contribution in [0.3, 0.4) is 0 Å². The lowest BCUT2D eigenvalue weighted by atomic mass is 10.1. The van der Waals surface area contributed by atoms with Crippen LogP contribution in [0, 0.1) is 0 Å². The summed E-state index contributed by atoms with van der Waals surface area (Å²) in [5.74, 6) is 0.494. The van der Waals surface area contributed by atoms with Crippen LogP contribution in [0.5, 0.6) is 0 Å². The van der Waals surface area contributed by atoms with Crippen molar-refractivity contribution in [2.45, 2.75) is 11.4 Å². The Kier molecular flexibility index (Phi) is 6.38. The van der Waals surface area contributed by atoms with Crippen LogP contribution in [-0.2, 0) is 0 Å². The zero-order chi connectivity index (χ0) is 12.0. The van der Waals surface area contributed by atoms with E-state index in [9.17, 15) is 5.11 Å². The van der Waals surface area contributed by atoms with E-state index in [2.05, 4.69) is 15.9 Å². The van der Waals surface area contributed by atoms with Gasteiger partial charge in [-0.05, 0) is 17.7 Å². The first-order chi connectivity index (χ1) is 7.67. The fourth-order valence-corrected chi connectivity index (χ4v) is 2.57. The number of aliphatic hydroxyl groups excluding tert-OH is 2. The molecule has 0 radical (unpaired) electrons. The fraction of sp³-hybridized carbons (Fsp3) is 0.455. The van der Waals surface area contributed by atoms with E-state index in [0.29, 0.717) is 12.3 Å². The maximum Gasteiger partial charge on any atom is 0.0861 e. The first kappa shape index (κ1) is 14.0. The van der Waals surface area contributed by atoms with Crippen molar-refractivity contribution in [2.75, 3.05) is 18.9 Å². The standard InChI is InChI=1S/C11H16BrNO2S/c12-9-3-1-8(2-4-9)11(5-13)16-7-10(15)6-14/h1-4,10-11,14-15H,5-7,13H2. The summed E-state index contributed by atoms with van der Waals surface area (Å²) in [5.41, 5.74) is 6.83. The molecule has 2 unspecified atom stereocenters. The van der Waals surface area contributed by atoms with Gasteiger partial charge in [-0.1, -0.05) is 28.1 Å². The Bertz CT molecular complexity index is 307. The molecule has 1 aromatic rings. The third-order valence-electron chi connectivity index (χ3n) is 2.16. The Morgan fingerprint density at radius 2 is 1.94 bits per heavy atom. The van der Waals surface area contributed by atoms with E-state index < -0.39 is 6.10 Å². The monoisotopic (exact) mass is 305 g/mol. The number of hydrogen-bond acceptors (Lipinski definition) is 4. The third-order valence-corrected chi connectivity index (χ3v) is 4.13. The van der Waals surface area contributed by atoms with E-state index in [1.807, 2.05) is 24.3 Å². The van der Waals surface area contributed by atoms with E-state index in [0.717, 1.165) is 10.0 Å². The number of halogens is 1. The molecular weight excluding hydrogens is 290 g/mol. The molecule has 2 atom stereocenters. The summed E-state index contributed by atoms with van der Waals surface area (Å²) in [6.45, 7) is 0.315. The van der Waals surface area contributed by atoms with Crippen molar-refractivity contribution in [3.05, 3.63) is 34.3 Å². The molecule has 1 aromatic carbocycles. The molecule has 90 valence electrons. The second-order valence-corrected chi connectivity index (χ2v) is 5.60. The van der Waals surface area contributed by atoms with Crippen molar-refractivity contribution in [3.63, 3.8) is 0 Å². The molecule has 0 aliphatic carbocycles. The van der Waals surface area contributed by atoms with E-state index in [-0.39, 0.29) is 11.9 Å². The van der Waals surface area contributed by atoms with E-state index in [1.165, 1.54) is 0 Å². The largest absolute Gasteiger partial charge is 0.394 e. The van der Waals surface area contributed by atoms with Crippen molar-refractivity contribution in [1.82, 2.24) is 0 Å². The highest BCUT2D eigenvalue weighted by molar-refractivity contribution is 9.10. The van der Waals surface area contributed by atoms with Crippen LogP contribution in [-0.4, -0.2) is 35.2 Å². The highest BCUT2D eigenvalue weighted by Crippen LogP contribution is 2.29. The number of aliphatic hydroxyl groups is 2. The Morgan fingerprint density at radius 3 is 2.44 bits per heavy atom. The van der Waals surface area contributed by atoms with Gasteiger partial charge in [0, 0.05) is 22.0 Å². The summed E-state index contributed by atoms with van der Waals surface area (Å²) in [6, 6.07) is 7.97. The van der Waals surface area contributed by atoms with Crippen molar-refractivity contribution in [3.8, 4) is 0 Å². The van der Waals surface area contributed by atoms with Crippen LogP contribution < -0.4 is 5.73 Å². The molecule has 0 aliphatic rings. The zero-order valence-electron chi connectivity index (χ0n) is 8.84. The molecule has 16 heavy (non-hydrogen) atoms. The predicted octanol–water partition coefficient (Wildman–Crippen LogP) is 1.54. The first-order valence-corrected chi connectivity index (χ1v) is 6.87. The predicted molar refractivity (Wildman–Crippen MR) is 71.5 cm³/mol. The average molecular weight is 306 g/mol. The van der Waals surface area contributed by atoms with Crippen molar-refractivity contribution < 1.29 is 10.2 Å². The summed E-state index contributed by atoms with van der Waals surface area (Å²) in [7, 11) is 0. The molecule has 1 rings (SSSR count).